The minimum Gasteiger partial charge on any atom is -0.489 e. The van der Waals surface area contributed by atoms with Crippen molar-refractivity contribution in [3.63, 3.8) is 0 Å². The summed E-state index contributed by atoms with van der Waals surface area (Å²) in [5.41, 5.74) is 1.53. The number of amides is 3. The lowest BCUT2D eigenvalue weighted by Gasteiger charge is -2.27. The molecule has 2 saturated heterocycles. The van der Waals surface area contributed by atoms with Gasteiger partial charge in [0.15, 0.2) is 0 Å². The fourth-order valence-corrected chi connectivity index (χ4v) is 4.55. The van der Waals surface area contributed by atoms with Gasteiger partial charge in [-0.25, -0.2) is 0 Å². The summed E-state index contributed by atoms with van der Waals surface area (Å²) in [5, 5.41) is 10.3. The van der Waals surface area contributed by atoms with E-state index in [-0.39, 0.29) is 29.7 Å². The van der Waals surface area contributed by atoms with Crippen LogP contribution in [-0.2, 0) is 16.2 Å². The van der Waals surface area contributed by atoms with E-state index in [2.05, 4.69) is 0 Å². The molecule has 2 aliphatic heterocycles. The van der Waals surface area contributed by atoms with E-state index in [1.165, 1.54) is 12.1 Å². The first-order valence-electron chi connectivity index (χ1n) is 10.9. The summed E-state index contributed by atoms with van der Waals surface area (Å²) in [6.07, 6.45) is 4.60. The van der Waals surface area contributed by atoms with Gasteiger partial charge < -0.3 is 9.64 Å². The summed E-state index contributed by atoms with van der Waals surface area (Å²) in [6, 6.07) is 13.1. The van der Waals surface area contributed by atoms with Crippen molar-refractivity contribution in [1.29, 1.82) is 0 Å². The van der Waals surface area contributed by atoms with Crippen LogP contribution >= 0.6 is 11.8 Å². The third-order valence-corrected chi connectivity index (χ3v) is 6.51. The minimum absolute atomic E-state index is 0.0216. The van der Waals surface area contributed by atoms with Crippen molar-refractivity contribution in [3.05, 3.63) is 74.7 Å². The van der Waals surface area contributed by atoms with Crippen LogP contribution in [0.5, 0.6) is 5.75 Å². The van der Waals surface area contributed by atoms with Gasteiger partial charge in [0.2, 0.25) is 5.91 Å². The van der Waals surface area contributed by atoms with Crippen molar-refractivity contribution < 1.29 is 24.0 Å². The molecule has 0 spiro atoms. The van der Waals surface area contributed by atoms with Crippen LogP contribution in [0.1, 0.15) is 30.4 Å². The van der Waals surface area contributed by atoms with Crippen molar-refractivity contribution in [2.75, 3.05) is 19.6 Å². The second-order valence-electron chi connectivity index (χ2n) is 7.99. The number of ether oxygens (including phenoxy) is 1. The highest BCUT2D eigenvalue weighted by atomic mass is 32.2. The van der Waals surface area contributed by atoms with E-state index in [4.69, 9.17) is 4.74 Å². The zero-order valence-corrected chi connectivity index (χ0v) is 19.2. The van der Waals surface area contributed by atoms with Crippen molar-refractivity contribution in [3.8, 4) is 5.75 Å². The van der Waals surface area contributed by atoms with Gasteiger partial charge in [0.25, 0.3) is 16.8 Å². The Labute approximate surface area is 200 Å². The lowest BCUT2D eigenvalue weighted by atomic mass is 10.1. The van der Waals surface area contributed by atoms with Crippen LogP contribution in [0, 0.1) is 10.1 Å². The van der Waals surface area contributed by atoms with E-state index in [1.54, 1.807) is 47.4 Å². The number of hydrogen-bond donors (Lipinski definition) is 0. The molecular formula is C24H23N3O6S. The number of benzene rings is 2. The molecule has 0 saturated carbocycles. The molecule has 4 rings (SSSR count). The molecule has 0 N–H and O–H groups in total. The summed E-state index contributed by atoms with van der Waals surface area (Å²) >= 11 is 0.829. The van der Waals surface area contributed by atoms with Crippen molar-refractivity contribution in [2.24, 2.45) is 0 Å². The Balaban J connectivity index is 1.34. The Morgan fingerprint density at radius 1 is 1.03 bits per heavy atom. The first-order chi connectivity index (χ1) is 16.4. The second-order valence-corrected chi connectivity index (χ2v) is 8.98. The topological polar surface area (TPSA) is 110 Å². The number of thioether (sulfide) groups is 1. The number of carbonyl (C=O) groups is 3. The summed E-state index contributed by atoms with van der Waals surface area (Å²) < 4.78 is 5.71. The molecule has 0 bridgehead atoms. The Morgan fingerprint density at radius 3 is 2.35 bits per heavy atom. The standard InChI is InChI=1S/C24H23N3O6S/c28-22(25-12-2-1-3-13-25)15-26-23(29)21(34-24(26)30)14-17-6-10-20(11-7-17)33-16-18-4-8-19(9-5-18)27(31)32/h4-11,14H,1-3,12-13,15-16H2/b21-14+. The number of nitro groups is 1. The molecule has 176 valence electrons. The van der Waals surface area contributed by atoms with Crippen molar-refractivity contribution in [2.45, 2.75) is 25.9 Å². The number of nitro benzene ring substituents is 1. The van der Waals surface area contributed by atoms with Gasteiger partial charge in [-0.2, -0.15) is 0 Å². The maximum atomic E-state index is 12.7. The highest BCUT2D eigenvalue weighted by molar-refractivity contribution is 8.18. The van der Waals surface area contributed by atoms with Gasteiger partial charge in [-0.15, -0.1) is 0 Å². The summed E-state index contributed by atoms with van der Waals surface area (Å²) in [4.78, 5) is 50.8. The second kappa shape index (κ2) is 10.5. The molecule has 10 heteroatoms. The number of imide groups is 1. The molecule has 2 aromatic carbocycles. The van der Waals surface area contributed by atoms with Gasteiger partial charge in [0.05, 0.1) is 9.83 Å². The molecular weight excluding hydrogens is 458 g/mol. The average Bonchev–Trinajstić information content (AvgIpc) is 3.11. The molecule has 0 atom stereocenters. The minimum atomic E-state index is -0.459. The molecule has 3 amide bonds. The Morgan fingerprint density at radius 2 is 1.71 bits per heavy atom. The van der Waals surface area contributed by atoms with Gasteiger partial charge in [-0.3, -0.25) is 29.4 Å². The van der Waals surface area contributed by atoms with Crippen LogP contribution in [-0.4, -0.2) is 51.4 Å². The fourth-order valence-electron chi connectivity index (χ4n) is 3.71. The smallest absolute Gasteiger partial charge is 0.294 e. The summed E-state index contributed by atoms with van der Waals surface area (Å²) in [7, 11) is 0. The monoisotopic (exact) mass is 481 g/mol. The van der Waals surface area contributed by atoms with Gasteiger partial charge in [-0.1, -0.05) is 12.1 Å². The van der Waals surface area contributed by atoms with Gasteiger partial charge in [0.1, 0.15) is 18.9 Å². The number of hydrogen-bond acceptors (Lipinski definition) is 7. The number of carbonyl (C=O) groups excluding carboxylic acids is 3. The Kier molecular flexibility index (Phi) is 7.27. The maximum absolute atomic E-state index is 12.7. The fraction of sp³-hybridized carbons (Fsp3) is 0.292. The Bertz CT molecular complexity index is 1120. The van der Waals surface area contributed by atoms with Crippen LogP contribution in [0.4, 0.5) is 10.5 Å². The molecule has 0 aliphatic carbocycles. The summed E-state index contributed by atoms with van der Waals surface area (Å²) in [6.45, 7) is 1.37. The maximum Gasteiger partial charge on any atom is 0.294 e. The molecule has 2 aliphatic rings. The predicted molar refractivity (Wildman–Crippen MR) is 127 cm³/mol. The third-order valence-electron chi connectivity index (χ3n) is 5.61. The molecule has 0 radical (unpaired) electrons. The van der Waals surface area contributed by atoms with Gasteiger partial charge >= 0.3 is 0 Å². The van der Waals surface area contributed by atoms with Crippen molar-refractivity contribution in [1.82, 2.24) is 9.80 Å². The predicted octanol–water partition coefficient (Wildman–Crippen LogP) is 4.22. The Hall–Kier alpha value is -3.66. The quantitative estimate of drug-likeness (QED) is 0.331. The molecule has 2 fully saturated rings. The third kappa shape index (κ3) is 5.63. The molecule has 2 heterocycles. The number of piperidine rings is 1. The molecule has 34 heavy (non-hydrogen) atoms. The van der Waals surface area contributed by atoms with E-state index >= 15 is 0 Å². The number of nitrogens with zero attached hydrogens (tertiary/aromatic N) is 3. The molecule has 0 unspecified atom stereocenters. The van der Waals surface area contributed by atoms with Gasteiger partial charge in [0, 0.05) is 25.2 Å². The lowest BCUT2D eigenvalue weighted by molar-refractivity contribution is -0.384. The summed E-state index contributed by atoms with van der Waals surface area (Å²) in [5.74, 6) is -0.0626. The van der Waals surface area contributed by atoms with E-state index in [0.717, 1.165) is 47.1 Å². The van der Waals surface area contributed by atoms with Crippen molar-refractivity contribution >= 4 is 40.6 Å². The highest BCUT2D eigenvalue weighted by Gasteiger charge is 2.37. The number of likely N-dealkylation sites (tertiary alicyclic amines) is 1. The van der Waals surface area contributed by atoms with Crippen LogP contribution in [0.25, 0.3) is 6.08 Å². The van der Waals surface area contributed by atoms with E-state index in [1.807, 2.05) is 0 Å². The highest BCUT2D eigenvalue weighted by Crippen LogP contribution is 2.32. The van der Waals surface area contributed by atoms with Crippen LogP contribution in [0.3, 0.4) is 0 Å². The molecule has 0 aromatic heterocycles. The zero-order chi connectivity index (χ0) is 24.1. The van der Waals surface area contributed by atoms with E-state index in [9.17, 15) is 24.5 Å². The normalized spacial score (nSPS) is 17.4. The SMILES string of the molecule is O=C(CN1C(=O)S/C(=C/c2ccc(OCc3ccc([N+](=O)[O-])cc3)cc2)C1=O)N1CCCCC1. The van der Waals surface area contributed by atoms with E-state index in [0.29, 0.717) is 18.8 Å². The first-order valence-corrected chi connectivity index (χ1v) is 11.7. The average molecular weight is 482 g/mol. The molecule has 2 aromatic rings. The van der Waals surface area contributed by atoms with Crippen LogP contribution in [0.2, 0.25) is 0 Å². The zero-order valence-electron chi connectivity index (χ0n) is 18.3. The lowest BCUT2D eigenvalue weighted by Crippen LogP contribution is -2.44. The van der Waals surface area contributed by atoms with Gasteiger partial charge in [-0.05, 0) is 72.5 Å². The first kappa shape index (κ1) is 23.5. The number of rotatable bonds is 7. The van der Waals surface area contributed by atoms with Crippen LogP contribution in [0.15, 0.2) is 53.4 Å². The van der Waals surface area contributed by atoms with E-state index < -0.39 is 16.1 Å². The number of non-ortho nitro benzene ring substituents is 1. The largest absolute Gasteiger partial charge is 0.489 e. The molecule has 9 nitrogen and oxygen atoms in total. The van der Waals surface area contributed by atoms with Crippen LogP contribution < -0.4 is 4.74 Å².